The predicted molar refractivity (Wildman–Crippen MR) is 38.4 cm³/mol. The molecule has 0 aliphatic carbocycles. The van der Waals surface area contributed by atoms with Gasteiger partial charge in [0.15, 0.2) is 0 Å². The fraction of sp³-hybridized carbons (Fsp3) is 0.286. The van der Waals surface area contributed by atoms with E-state index in [4.69, 9.17) is 0 Å². The Kier molecular flexibility index (Phi) is 2.10. The first-order chi connectivity index (χ1) is 4.84. The highest BCUT2D eigenvalue weighted by molar-refractivity contribution is 5.46. The lowest BCUT2D eigenvalue weighted by Gasteiger charge is -2.26. The number of hydrogen-bond donors (Lipinski definition) is 0. The van der Waals surface area contributed by atoms with Crippen molar-refractivity contribution in [2.24, 2.45) is 0 Å². The minimum atomic E-state index is 0.738. The fourth-order valence-corrected chi connectivity index (χ4v) is 0.732. The summed E-state index contributed by atoms with van der Waals surface area (Å²) in [6, 6.07) is 0. The van der Waals surface area contributed by atoms with E-state index in [-0.39, 0.29) is 0 Å². The highest BCUT2D eigenvalue weighted by Crippen LogP contribution is 1.98. The summed E-state index contributed by atoms with van der Waals surface area (Å²) in [5.74, 6) is 0. The number of rotatable bonds is 2. The van der Waals surface area contributed by atoms with E-state index in [1.807, 2.05) is 24.4 Å². The summed E-state index contributed by atoms with van der Waals surface area (Å²) in [6.45, 7) is 0.738. The Morgan fingerprint density at radius 3 is 2.90 bits per heavy atom. The lowest BCUT2D eigenvalue weighted by molar-refractivity contribution is 0.144. The van der Waals surface area contributed by atoms with Gasteiger partial charge in [-0.2, -0.15) is 0 Å². The zero-order valence-corrected chi connectivity index (χ0v) is 5.82. The summed E-state index contributed by atoms with van der Waals surface area (Å²) in [5, 5.41) is 3.13. The molecule has 10 heavy (non-hydrogen) atoms. The molecule has 0 aromatic carbocycles. The van der Waals surface area contributed by atoms with Crippen molar-refractivity contribution in [1.29, 1.82) is 0 Å². The smallest absolute Gasteiger partial charge is 0.286 e. The minimum Gasteiger partial charge on any atom is -0.286 e. The highest BCUT2D eigenvalue weighted by atomic mass is 16.1. The van der Waals surface area contributed by atoms with Gasteiger partial charge in [-0.1, -0.05) is 12.2 Å². The van der Waals surface area contributed by atoms with E-state index in [9.17, 15) is 4.79 Å². The van der Waals surface area contributed by atoms with Crippen molar-refractivity contribution < 1.29 is 4.79 Å². The maximum atomic E-state index is 10.1. The Labute approximate surface area is 60.2 Å². The summed E-state index contributed by atoms with van der Waals surface area (Å²) in [5.41, 5.74) is 0. The standard InChI is InChI=1S/C7H9N2O/c1-8(7-10)9-5-3-2-4-6-9/h2-5H,6H2,1H3. The van der Waals surface area contributed by atoms with Crippen LogP contribution in [0.5, 0.6) is 0 Å². The van der Waals surface area contributed by atoms with Crippen LogP contribution in [0.4, 0.5) is 0 Å². The lowest BCUT2D eigenvalue weighted by atomic mass is 10.4. The van der Waals surface area contributed by atoms with Crippen LogP contribution in [-0.4, -0.2) is 30.0 Å². The highest BCUT2D eigenvalue weighted by Gasteiger charge is 2.03. The van der Waals surface area contributed by atoms with E-state index in [1.165, 1.54) is 5.01 Å². The van der Waals surface area contributed by atoms with Crippen LogP contribution in [0.25, 0.3) is 0 Å². The molecule has 3 heteroatoms. The molecule has 0 aromatic heterocycles. The third-order valence-electron chi connectivity index (χ3n) is 1.32. The second-order valence-electron chi connectivity index (χ2n) is 2.01. The Hall–Kier alpha value is -1.25. The average molecular weight is 137 g/mol. The van der Waals surface area contributed by atoms with E-state index >= 15 is 0 Å². The first kappa shape index (κ1) is 6.86. The number of hydrogen-bond acceptors (Lipinski definition) is 2. The van der Waals surface area contributed by atoms with Gasteiger partial charge in [0.1, 0.15) is 0 Å². The van der Waals surface area contributed by atoms with Gasteiger partial charge < -0.3 is 0 Å². The average Bonchev–Trinajstić information content (AvgIpc) is 2.05. The molecule has 0 saturated carbocycles. The van der Waals surface area contributed by atoms with Crippen LogP contribution in [0.15, 0.2) is 24.4 Å². The van der Waals surface area contributed by atoms with Gasteiger partial charge in [0.2, 0.25) is 0 Å². The van der Waals surface area contributed by atoms with Gasteiger partial charge in [0.05, 0.1) is 6.54 Å². The van der Waals surface area contributed by atoms with Gasteiger partial charge in [-0.25, -0.2) is 5.01 Å². The summed E-state index contributed by atoms with van der Waals surface area (Å²) < 4.78 is 0. The van der Waals surface area contributed by atoms with Gasteiger partial charge in [0, 0.05) is 13.2 Å². The molecule has 0 aromatic rings. The molecule has 53 valence electrons. The second kappa shape index (κ2) is 3.06. The van der Waals surface area contributed by atoms with Crippen molar-refractivity contribution in [3.05, 3.63) is 24.4 Å². The summed E-state index contributed by atoms with van der Waals surface area (Å²) in [4.78, 5) is 10.1. The summed E-state index contributed by atoms with van der Waals surface area (Å²) in [6.07, 6.45) is 9.36. The van der Waals surface area contributed by atoms with Crippen LogP contribution in [0.1, 0.15) is 0 Å². The normalized spacial score (nSPS) is 15.5. The molecule has 1 aliphatic heterocycles. The molecule has 3 nitrogen and oxygen atoms in total. The van der Waals surface area contributed by atoms with E-state index < -0.39 is 0 Å². The third-order valence-corrected chi connectivity index (χ3v) is 1.32. The topological polar surface area (TPSA) is 23.6 Å². The number of amides is 1. The minimum absolute atomic E-state index is 0.738. The maximum absolute atomic E-state index is 10.1. The Balaban J connectivity index is 2.50. The lowest BCUT2D eigenvalue weighted by Crippen LogP contribution is -2.35. The van der Waals surface area contributed by atoms with Crippen LogP contribution < -0.4 is 0 Å². The van der Waals surface area contributed by atoms with Crippen LogP contribution in [-0.2, 0) is 4.79 Å². The van der Waals surface area contributed by atoms with Crippen molar-refractivity contribution >= 4 is 6.41 Å². The zero-order chi connectivity index (χ0) is 7.40. The molecule has 0 fully saturated rings. The van der Waals surface area contributed by atoms with Crippen molar-refractivity contribution in [2.75, 3.05) is 13.6 Å². The third kappa shape index (κ3) is 1.37. The van der Waals surface area contributed by atoms with Crippen molar-refractivity contribution in [3.63, 3.8) is 0 Å². The Bertz CT molecular complexity index is 174. The van der Waals surface area contributed by atoms with Crippen LogP contribution in [0.3, 0.4) is 0 Å². The molecule has 0 unspecified atom stereocenters. The van der Waals surface area contributed by atoms with Crippen molar-refractivity contribution in [1.82, 2.24) is 10.0 Å². The van der Waals surface area contributed by atoms with Gasteiger partial charge in [-0.3, -0.25) is 9.80 Å². The predicted octanol–water partition coefficient (Wildman–Crippen LogP) is 0.286. The van der Waals surface area contributed by atoms with E-state index in [0.29, 0.717) is 0 Å². The number of carbonyl (C=O) groups excluding carboxylic acids is 1. The van der Waals surface area contributed by atoms with Crippen molar-refractivity contribution in [3.8, 4) is 0 Å². The van der Waals surface area contributed by atoms with Crippen LogP contribution >= 0.6 is 0 Å². The molecule has 1 radical (unpaired) electrons. The fourth-order valence-electron chi connectivity index (χ4n) is 0.732. The quantitative estimate of drug-likeness (QED) is 0.510. The van der Waals surface area contributed by atoms with Gasteiger partial charge in [-0.15, -0.1) is 0 Å². The molecule has 1 aliphatic rings. The molecule has 0 saturated heterocycles. The summed E-state index contributed by atoms with van der Waals surface area (Å²) in [7, 11) is 1.66. The molecular weight excluding hydrogens is 128 g/mol. The SMILES string of the molecule is CN([C]=O)N1C=CC=CC1. The van der Waals surface area contributed by atoms with Crippen molar-refractivity contribution in [2.45, 2.75) is 0 Å². The molecule has 1 amide bonds. The second-order valence-corrected chi connectivity index (χ2v) is 2.01. The number of hydrazine groups is 1. The molecule has 1 rings (SSSR count). The molecule has 0 spiro atoms. The van der Waals surface area contributed by atoms with E-state index in [1.54, 1.807) is 18.5 Å². The number of nitrogens with zero attached hydrogens (tertiary/aromatic N) is 2. The molecule has 1 heterocycles. The Morgan fingerprint density at radius 1 is 1.60 bits per heavy atom. The zero-order valence-electron chi connectivity index (χ0n) is 5.82. The first-order valence-electron chi connectivity index (χ1n) is 3.06. The number of allylic oxidation sites excluding steroid dienone is 2. The molecule has 0 atom stereocenters. The van der Waals surface area contributed by atoms with Crippen LogP contribution in [0, 0.1) is 0 Å². The first-order valence-corrected chi connectivity index (χ1v) is 3.06. The molecule has 0 bridgehead atoms. The largest absolute Gasteiger partial charge is 0.332 e. The van der Waals surface area contributed by atoms with E-state index in [2.05, 4.69) is 0 Å². The maximum Gasteiger partial charge on any atom is 0.332 e. The molecular formula is C7H9N2O. The Morgan fingerprint density at radius 2 is 2.40 bits per heavy atom. The van der Waals surface area contributed by atoms with Gasteiger partial charge >= 0.3 is 6.41 Å². The van der Waals surface area contributed by atoms with Gasteiger partial charge in [0.25, 0.3) is 0 Å². The van der Waals surface area contributed by atoms with Gasteiger partial charge in [-0.05, 0) is 6.08 Å². The van der Waals surface area contributed by atoms with Crippen LogP contribution in [0.2, 0.25) is 0 Å². The molecule has 0 N–H and O–H groups in total. The summed E-state index contributed by atoms with van der Waals surface area (Å²) >= 11 is 0. The van der Waals surface area contributed by atoms with E-state index in [0.717, 1.165) is 6.54 Å². The monoisotopic (exact) mass is 137 g/mol.